The van der Waals surface area contributed by atoms with Crippen LogP contribution in [-0.4, -0.2) is 17.1 Å². The number of ether oxygens (including phenoxy) is 1. The van der Waals surface area contributed by atoms with Gasteiger partial charge in [0.15, 0.2) is 0 Å². The van der Waals surface area contributed by atoms with Crippen molar-refractivity contribution in [1.29, 1.82) is 0 Å². The highest BCUT2D eigenvalue weighted by Crippen LogP contribution is 2.42. The second-order valence-electron chi connectivity index (χ2n) is 7.16. The molecule has 23 heavy (non-hydrogen) atoms. The number of benzene rings is 1. The molecule has 124 valence electrons. The summed E-state index contributed by atoms with van der Waals surface area (Å²) < 4.78 is 6.35. The fourth-order valence-electron chi connectivity index (χ4n) is 3.95. The van der Waals surface area contributed by atoms with Gasteiger partial charge in [-0.1, -0.05) is 6.92 Å². The van der Waals surface area contributed by atoms with Crippen LogP contribution in [0.3, 0.4) is 0 Å². The van der Waals surface area contributed by atoms with E-state index in [1.165, 1.54) is 35.6 Å². The van der Waals surface area contributed by atoms with Gasteiger partial charge in [0, 0.05) is 23.8 Å². The monoisotopic (exact) mass is 312 g/mol. The molecule has 0 amide bonds. The molecule has 1 unspecified atom stereocenters. The van der Waals surface area contributed by atoms with Crippen LogP contribution in [0.4, 0.5) is 0 Å². The van der Waals surface area contributed by atoms with Crippen LogP contribution in [0.15, 0.2) is 30.6 Å². The van der Waals surface area contributed by atoms with E-state index in [4.69, 9.17) is 10.5 Å². The zero-order valence-electron chi connectivity index (χ0n) is 14.5. The summed E-state index contributed by atoms with van der Waals surface area (Å²) in [5, 5.41) is 2.36. The minimum atomic E-state index is 0.267. The van der Waals surface area contributed by atoms with Crippen molar-refractivity contribution in [1.82, 2.24) is 4.98 Å². The maximum absolute atomic E-state index is 6.35. The molecule has 2 N–H and O–H groups in total. The van der Waals surface area contributed by atoms with E-state index in [1.807, 2.05) is 18.5 Å². The highest BCUT2D eigenvalue weighted by molar-refractivity contribution is 5.84. The molecule has 1 fully saturated rings. The van der Waals surface area contributed by atoms with E-state index in [2.05, 4.69) is 37.9 Å². The van der Waals surface area contributed by atoms with Gasteiger partial charge >= 0.3 is 0 Å². The average molecular weight is 312 g/mol. The summed E-state index contributed by atoms with van der Waals surface area (Å²) in [6.07, 6.45) is 9.76. The van der Waals surface area contributed by atoms with E-state index >= 15 is 0 Å². The van der Waals surface area contributed by atoms with E-state index in [9.17, 15) is 0 Å². The first-order valence-electron chi connectivity index (χ1n) is 8.81. The van der Waals surface area contributed by atoms with Gasteiger partial charge < -0.3 is 10.5 Å². The fraction of sp³-hybridized carbons (Fsp3) is 0.550. The predicted octanol–water partition coefficient (Wildman–Crippen LogP) is 4.61. The van der Waals surface area contributed by atoms with Crippen molar-refractivity contribution < 1.29 is 4.74 Å². The van der Waals surface area contributed by atoms with E-state index in [0.717, 1.165) is 18.6 Å². The molecule has 1 aromatic carbocycles. The SMILES string of the molecule is CCC1(C(C)N)CCC(Oc2cc3ccncc3cc2C)CC1. The Bertz CT molecular complexity index is 672. The van der Waals surface area contributed by atoms with Crippen molar-refractivity contribution in [2.24, 2.45) is 11.1 Å². The van der Waals surface area contributed by atoms with Crippen LogP contribution in [0.1, 0.15) is 51.5 Å². The summed E-state index contributed by atoms with van der Waals surface area (Å²) in [5.74, 6) is 1.01. The average Bonchev–Trinajstić information content (AvgIpc) is 2.56. The first kappa shape index (κ1) is 16.3. The Hall–Kier alpha value is -1.61. The molecule has 3 nitrogen and oxygen atoms in total. The Morgan fingerprint density at radius 2 is 2.04 bits per heavy atom. The zero-order chi connectivity index (χ0) is 16.4. The van der Waals surface area contributed by atoms with E-state index in [1.54, 1.807) is 0 Å². The maximum atomic E-state index is 6.35. The first-order chi connectivity index (χ1) is 11.0. The van der Waals surface area contributed by atoms with Gasteiger partial charge in [-0.15, -0.1) is 0 Å². The molecule has 0 radical (unpaired) electrons. The normalized spacial score (nSPS) is 26.2. The lowest BCUT2D eigenvalue weighted by molar-refractivity contribution is 0.0615. The number of fused-ring (bicyclic) bond motifs is 1. The van der Waals surface area contributed by atoms with E-state index in [0.29, 0.717) is 11.5 Å². The number of hydrogen-bond acceptors (Lipinski definition) is 3. The van der Waals surface area contributed by atoms with Gasteiger partial charge in [-0.25, -0.2) is 0 Å². The molecule has 0 spiro atoms. The minimum Gasteiger partial charge on any atom is -0.490 e. The van der Waals surface area contributed by atoms with Gasteiger partial charge in [-0.05, 0) is 80.5 Å². The zero-order valence-corrected chi connectivity index (χ0v) is 14.5. The van der Waals surface area contributed by atoms with Crippen molar-refractivity contribution in [3.05, 3.63) is 36.2 Å². The second kappa shape index (κ2) is 6.48. The molecule has 3 heteroatoms. The van der Waals surface area contributed by atoms with Crippen molar-refractivity contribution in [3.63, 3.8) is 0 Å². The molecule has 1 aliphatic rings. The molecule has 1 aromatic heterocycles. The smallest absolute Gasteiger partial charge is 0.123 e. The van der Waals surface area contributed by atoms with Crippen LogP contribution in [0.25, 0.3) is 10.8 Å². The molecular weight excluding hydrogens is 284 g/mol. The Morgan fingerprint density at radius 3 is 2.70 bits per heavy atom. The number of aromatic nitrogens is 1. The van der Waals surface area contributed by atoms with E-state index < -0.39 is 0 Å². The Labute approximate surface area is 139 Å². The standard InChI is InChI=1S/C20H28N2O/c1-4-20(15(3)21)8-5-18(6-9-20)23-19-12-16-7-10-22-13-17(16)11-14(19)2/h7,10-13,15,18H,4-6,8-9,21H2,1-3H3. The number of nitrogens with two attached hydrogens (primary N) is 1. The molecule has 1 atom stereocenters. The lowest BCUT2D eigenvalue weighted by atomic mass is 9.67. The maximum Gasteiger partial charge on any atom is 0.123 e. The number of rotatable bonds is 4. The molecule has 1 saturated carbocycles. The Kier molecular flexibility index (Phi) is 4.58. The predicted molar refractivity (Wildman–Crippen MR) is 95.7 cm³/mol. The number of hydrogen-bond donors (Lipinski definition) is 1. The van der Waals surface area contributed by atoms with Crippen molar-refractivity contribution in [3.8, 4) is 5.75 Å². The molecular formula is C20H28N2O. The summed E-state index contributed by atoms with van der Waals surface area (Å²) >= 11 is 0. The summed E-state index contributed by atoms with van der Waals surface area (Å²) in [5.41, 5.74) is 7.74. The van der Waals surface area contributed by atoms with Gasteiger partial charge in [-0.3, -0.25) is 4.98 Å². The summed E-state index contributed by atoms with van der Waals surface area (Å²) in [6.45, 7) is 6.54. The lowest BCUT2D eigenvalue weighted by Gasteiger charge is -2.42. The Morgan fingerprint density at radius 1 is 1.30 bits per heavy atom. The van der Waals surface area contributed by atoms with Crippen LogP contribution >= 0.6 is 0 Å². The van der Waals surface area contributed by atoms with Gasteiger partial charge in [-0.2, -0.15) is 0 Å². The van der Waals surface area contributed by atoms with Crippen molar-refractivity contribution in [2.45, 2.75) is 65.0 Å². The van der Waals surface area contributed by atoms with Gasteiger partial charge in [0.05, 0.1) is 6.10 Å². The number of aryl methyl sites for hydroxylation is 1. The third-order valence-electron chi connectivity index (χ3n) is 5.83. The summed E-state index contributed by atoms with van der Waals surface area (Å²) in [7, 11) is 0. The third-order valence-corrected chi connectivity index (χ3v) is 5.83. The summed E-state index contributed by atoms with van der Waals surface area (Å²) in [4.78, 5) is 4.19. The topological polar surface area (TPSA) is 48.1 Å². The quantitative estimate of drug-likeness (QED) is 0.897. The highest BCUT2D eigenvalue weighted by atomic mass is 16.5. The van der Waals surface area contributed by atoms with Crippen LogP contribution in [0.5, 0.6) is 5.75 Å². The molecule has 0 bridgehead atoms. The fourth-order valence-corrected chi connectivity index (χ4v) is 3.95. The van der Waals surface area contributed by atoms with Crippen LogP contribution < -0.4 is 10.5 Å². The van der Waals surface area contributed by atoms with Gasteiger partial charge in [0.25, 0.3) is 0 Å². The van der Waals surface area contributed by atoms with Crippen molar-refractivity contribution >= 4 is 10.8 Å². The lowest BCUT2D eigenvalue weighted by Crippen LogP contribution is -2.43. The second-order valence-corrected chi connectivity index (χ2v) is 7.16. The van der Waals surface area contributed by atoms with Crippen LogP contribution in [0, 0.1) is 12.3 Å². The molecule has 0 aliphatic heterocycles. The molecule has 0 saturated heterocycles. The van der Waals surface area contributed by atoms with Crippen LogP contribution in [-0.2, 0) is 0 Å². The van der Waals surface area contributed by atoms with Crippen molar-refractivity contribution in [2.75, 3.05) is 0 Å². The highest BCUT2D eigenvalue weighted by Gasteiger charge is 2.37. The van der Waals surface area contributed by atoms with E-state index in [-0.39, 0.29) is 6.04 Å². The largest absolute Gasteiger partial charge is 0.490 e. The summed E-state index contributed by atoms with van der Waals surface area (Å²) in [6, 6.07) is 6.63. The van der Waals surface area contributed by atoms with Gasteiger partial charge in [0.1, 0.15) is 5.75 Å². The number of nitrogens with zero attached hydrogens (tertiary/aromatic N) is 1. The Balaban J connectivity index is 1.73. The minimum absolute atomic E-state index is 0.267. The van der Waals surface area contributed by atoms with Crippen LogP contribution in [0.2, 0.25) is 0 Å². The molecule has 2 aromatic rings. The molecule has 3 rings (SSSR count). The third kappa shape index (κ3) is 3.20. The molecule has 1 heterocycles. The number of pyridine rings is 1. The van der Waals surface area contributed by atoms with Gasteiger partial charge in [0.2, 0.25) is 0 Å². The molecule has 1 aliphatic carbocycles. The first-order valence-corrected chi connectivity index (χ1v) is 8.81.